The first-order valence-corrected chi connectivity index (χ1v) is 7.60. The van der Waals surface area contributed by atoms with Gasteiger partial charge in [-0.15, -0.1) is 0 Å². The largest absolute Gasteiger partial charge is 0.434 e. The van der Waals surface area contributed by atoms with Crippen molar-refractivity contribution in [3.63, 3.8) is 0 Å². The maximum atomic E-state index is 12.3. The SMILES string of the molecule is CC(NCC1CCCS1)c1ccccc1OC(F)F. The molecule has 2 atom stereocenters. The van der Waals surface area contributed by atoms with E-state index in [2.05, 4.69) is 10.1 Å². The fraction of sp³-hybridized carbons (Fsp3) is 0.571. The van der Waals surface area contributed by atoms with Crippen LogP contribution in [0.2, 0.25) is 0 Å². The van der Waals surface area contributed by atoms with Crippen molar-refractivity contribution in [2.45, 2.75) is 37.7 Å². The van der Waals surface area contributed by atoms with Gasteiger partial charge in [-0.1, -0.05) is 18.2 Å². The van der Waals surface area contributed by atoms with Gasteiger partial charge in [0.15, 0.2) is 0 Å². The van der Waals surface area contributed by atoms with Crippen LogP contribution in [0.1, 0.15) is 31.4 Å². The van der Waals surface area contributed by atoms with E-state index in [1.165, 1.54) is 18.6 Å². The van der Waals surface area contributed by atoms with Crippen LogP contribution in [0, 0.1) is 0 Å². The molecule has 2 rings (SSSR count). The van der Waals surface area contributed by atoms with Gasteiger partial charge in [0, 0.05) is 23.4 Å². The summed E-state index contributed by atoms with van der Waals surface area (Å²) in [7, 11) is 0. The van der Waals surface area contributed by atoms with Crippen molar-refractivity contribution in [1.29, 1.82) is 0 Å². The Morgan fingerprint density at radius 2 is 2.21 bits per heavy atom. The Kier molecular flexibility index (Phi) is 5.45. The molecule has 1 aromatic carbocycles. The van der Waals surface area contributed by atoms with E-state index in [4.69, 9.17) is 0 Å². The van der Waals surface area contributed by atoms with Gasteiger partial charge in [0.2, 0.25) is 0 Å². The molecule has 0 bridgehead atoms. The van der Waals surface area contributed by atoms with Gasteiger partial charge >= 0.3 is 6.61 Å². The Bertz CT molecular complexity index is 397. The van der Waals surface area contributed by atoms with Gasteiger partial charge in [-0.3, -0.25) is 0 Å². The topological polar surface area (TPSA) is 21.3 Å². The van der Waals surface area contributed by atoms with Crippen molar-refractivity contribution in [3.05, 3.63) is 29.8 Å². The number of rotatable bonds is 6. The van der Waals surface area contributed by atoms with Crippen LogP contribution in [-0.2, 0) is 0 Å². The lowest BCUT2D eigenvalue weighted by Gasteiger charge is -2.19. The van der Waals surface area contributed by atoms with Gasteiger partial charge in [0.25, 0.3) is 0 Å². The molecule has 1 aliphatic rings. The minimum absolute atomic E-state index is 0.0103. The normalized spacial score (nSPS) is 20.7. The quantitative estimate of drug-likeness (QED) is 0.859. The van der Waals surface area contributed by atoms with E-state index >= 15 is 0 Å². The Balaban J connectivity index is 1.95. The zero-order valence-electron chi connectivity index (χ0n) is 10.9. The van der Waals surface area contributed by atoms with Crippen LogP contribution in [0.25, 0.3) is 0 Å². The molecule has 0 saturated carbocycles. The average molecular weight is 287 g/mol. The van der Waals surface area contributed by atoms with Gasteiger partial charge < -0.3 is 10.1 Å². The lowest BCUT2D eigenvalue weighted by atomic mass is 10.1. The summed E-state index contributed by atoms with van der Waals surface area (Å²) in [6, 6.07) is 6.98. The highest BCUT2D eigenvalue weighted by atomic mass is 32.2. The highest BCUT2D eigenvalue weighted by Gasteiger charge is 2.18. The van der Waals surface area contributed by atoms with E-state index in [0.717, 1.165) is 12.1 Å². The standard InChI is InChI=1S/C14H19F2NOS/c1-10(17-9-11-5-4-8-19-11)12-6-2-3-7-13(12)18-14(15)16/h2-3,6-7,10-11,14,17H,4-5,8-9H2,1H3. The number of halogens is 2. The molecule has 0 spiro atoms. The molecule has 1 aliphatic heterocycles. The van der Waals surface area contributed by atoms with Gasteiger partial charge in [-0.05, 0) is 31.6 Å². The number of nitrogens with one attached hydrogen (secondary N) is 1. The van der Waals surface area contributed by atoms with Gasteiger partial charge in [0.05, 0.1) is 0 Å². The zero-order chi connectivity index (χ0) is 13.7. The van der Waals surface area contributed by atoms with Crippen LogP contribution >= 0.6 is 11.8 Å². The fourth-order valence-electron chi connectivity index (χ4n) is 2.27. The van der Waals surface area contributed by atoms with Crippen molar-refractivity contribution in [3.8, 4) is 5.75 Å². The lowest BCUT2D eigenvalue weighted by molar-refractivity contribution is -0.0506. The summed E-state index contributed by atoms with van der Waals surface area (Å²) in [5.74, 6) is 1.49. The van der Waals surface area contributed by atoms with Gasteiger partial charge in [0.1, 0.15) is 5.75 Å². The number of hydrogen-bond donors (Lipinski definition) is 1. The third-order valence-corrected chi connectivity index (χ3v) is 4.68. The number of para-hydroxylation sites is 1. The monoisotopic (exact) mass is 287 g/mol. The lowest BCUT2D eigenvalue weighted by Crippen LogP contribution is -2.26. The van der Waals surface area contributed by atoms with E-state index < -0.39 is 6.61 Å². The molecule has 1 fully saturated rings. The Morgan fingerprint density at radius 1 is 1.42 bits per heavy atom. The van der Waals surface area contributed by atoms with Crippen molar-refractivity contribution >= 4 is 11.8 Å². The van der Waals surface area contributed by atoms with E-state index in [1.807, 2.05) is 30.8 Å². The smallest absolute Gasteiger partial charge is 0.387 e. The van der Waals surface area contributed by atoms with Crippen molar-refractivity contribution < 1.29 is 13.5 Å². The summed E-state index contributed by atoms with van der Waals surface area (Å²) in [6.45, 7) is 0.112. The Labute approximate surface area is 116 Å². The second kappa shape index (κ2) is 7.10. The van der Waals surface area contributed by atoms with Gasteiger partial charge in [-0.25, -0.2) is 0 Å². The van der Waals surface area contributed by atoms with Crippen LogP contribution in [0.3, 0.4) is 0 Å². The first-order chi connectivity index (χ1) is 9.16. The molecule has 0 aliphatic carbocycles. The summed E-state index contributed by atoms with van der Waals surface area (Å²) in [4.78, 5) is 0. The van der Waals surface area contributed by atoms with Crippen molar-refractivity contribution in [2.24, 2.45) is 0 Å². The van der Waals surface area contributed by atoms with Crippen molar-refractivity contribution in [1.82, 2.24) is 5.32 Å². The summed E-state index contributed by atoms with van der Waals surface area (Å²) >= 11 is 1.98. The molecule has 19 heavy (non-hydrogen) atoms. The van der Waals surface area contributed by atoms with Crippen LogP contribution in [-0.4, -0.2) is 24.2 Å². The first kappa shape index (κ1) is 14.6. The molecule has 0 radical (unpaired) electrons. The molecule has 2 nitrogen and oxygen atoms in total. The molecule has 106 valence electrons. The molecule has 0 amide bonds. The number of benzene rings is 1. The van der Waals surface area contributed by atoms with Crippen LogP contribution in [0.15, 0.2) is 24.3 Å². The summed E-state index contributed by atoms with van der Waals surface area (Å²) < 4.78 is 29.3. The Morgan fingerprint density at radius 3 is 2.89 bits per heavy atom. The molecule has 1 N–H and O–H groups in total. The second-order valence-corrected chi connectivity index (χ2v) is 6.09. The Hall–Kier alpha value is -0.810. The van der Waals surface area contributed by atoms with Crippen molar-refractivity contribution in [2.75, 3.05) is 12.3 Å². The van der Waals surface area contributed by atoms with Gasteiger partial charge in [-0.2, -0.15) is 20.5 Å². The summed E-state index contributed by atoms with van der Waals surface area (Å²) in [5, 5.41) is 4.05. The number of alkyl halides is 2. The molecular weight excluding hydrogens is 268 g/mol. The van der Waals surface area contributed by atoms with Crippen LogP contribution in [0.5, 0.6) is 5.75 Å². The summed E-state index contributed by atoms with van der Waals surface area (Å²) in [5.41, 5.74) is 0.783. The van der Waals surface area contributed by atoms with E-state index in [0.29, 0.717) is 5.25 Å². The highest BCUT2D eigenvalue weighted by molar-refractivity contribution is 8.00. The molecule has 2 unspecified atom stereocenters. The van der Waals surface area contributed by atoms with E-state index in [1.54, 1.807) is 12.1 Å². The first-order valence-electron chi connectivity index (χ1n) is 6.55. The molecule has 1 heterocycles. The number of hydrogen-bond acceptors (Lipinski definition) is 3. The third kappa shape index (κ3) is 4.35. The fourth-order valence-corrected chi connectivity index (χ4v) is 3.48. The van der Waals surface area contributed by atoms with E-state index in [9.17, 15) is 8.78 Å². The molecular formula is C14H19F2NOS. The molecule has 1 aromatic rings. The highest BCUT2D eigenvalue weighted by Crippen LogP contribution is 2.28. The maximum Gasteiger partial charge on any atom is 0.387 e. The number of thioether (sulfide) groups is 1. The third-order valence-electron chi connectivity index (χ3n) is 3.28. The predicted octanol–water partition coefficient (Wildman–Crippen LogP) is 3.83. The summed E-state index contributed by atoms with van der Waals surface area (Å²) in [6.07, 6.45) is 2.51. The molecule has 5 heteroatoms. The molecule has 0 aromatic heterocycles. The van der Waals surface area contributed by atoms with E-state index in [-0.39, 0.29) is 11.8 Å². The average Bonchev–Trinajstić information content (AvgIpc) is 2.89. The zero-order valence-corrected chi connectivity index (χ0v) is 11.8. The maximum absolute atomic E-state index is 12.3. The van der Waals surface area contributed by atoms with Crippen LogP contribution < -0.4 is 10.1 Å². The second-order valence-electron chi connectivity index (χ2n) is 4.68. The number of ether oxygens (including phenoxy) is 1. The minimum atomic E-state index is -2.78. The minimum Gasteiger partial charge on any atom is -0.434 e. The predicted molar refractivity (Wildman–Crippen MR) is 75.0 cm³/mol. The molecule has 1 saturated heterocycles. The van der Waals surface area contributed by atoms with Crippen LogP contribution in [0.4, 0.5) is 8.78 Å².